The SMILES string of the molecule is C=C(/C=C(\C=C\CC)C(=O)OCC)c1nn(CC(=O)N2CCN(c3ccc(Cl)c(OC)c3)CC2)c(C)c1Cl.CC. The minimum Gasteiger partial charge on any atom is -0.495 e. The van der Waals surface area contributed by atoms with Crippen molar-refractivity contribution in [2.24, 2.45) is 0 Å². The van der Waals surface area contributed by atoms with Crippen molar-refractivity contribution in [3.05, 3.63) is 70.0 Å². The van der Waals surface area contributed by atoms with Crippen LogP contribution in [0.1, 0.15) is 45.5 Å². The molecule has 0 unspecified atom stereocenters. The Kier molecular flexibility index (Phi) is 13.3. The van der Waals surface area contributed by atoms with Gasteiger partial charge in [0.2, 0.25) is 5.91 Å². The molecule has 10 heteroatoms. The number of amides is 1. The molecule has 1 amide bonds. The first-order valence-corrected chi connectivity index (χ1v) is 14.3. The van der Waals surface area contributed by atoms with Gasteiger partial charge in [-0.25, -0.2) is 4.79 Å². The highest BCUT2D eigenvalue weighted by Gasteiger charge is 2.24. The van der Waals surface area contributed by atoms with Crippen molar-refractivity contribution < 1.29 is 19.1 Å². The molecule has 2 aromatic rings. The van der Waals surface area contributed by atoms with E-state index in [2.05, 4.69) is 16.6 Å². The predicted octanol–water partition coefficient (Wildman–Crippen LogP) is 6.35. The summed E-state index contributed by atoms with van der Waals surface area (Å²) in [6.07, 6.45) is 5.93. The van der Waals surface area contributed by atoms with E-state index in [0.717, 1.165) is 12.1 Å². The second kappa shape index (κ2) is 16.1. The summed E-state index contributed by atoms with van der Waals surface area (Å²) in [7, 11) is 1.59. The van der Waals surface area contributed by atoms with E-state index in [-0.39, 0.29) is 19.1 Å². The maximum Gasteiger partial charge on any atom is 0.338 e. The lowest BCUT2D eigenvalue weighted by Crippen LogP contribution is -2.49. The highest BCUT2D eigenvalue weighted by Crippen LogP contribution is 2.30. The Labute approximate surface area is 247 Å². The minimum absolute atomic E-state index is 0.0496. The van der Waals surface area contributed by atoms with Gasteiger partial charge in [0.05, 0.1) is 35.0 Å². The van der Waals surface area contributed by atoms with Crippen molar-refractivity contribution >= 4 is 46.3 Å². The van der Waals surface area contributed by atoms with Gasteiger partial charge in [-0.3, -0.25) is 9.48 Å². The number of carbonyl (C=O) groups excluding carboxylic acids is 2. The number of allylic oxidation sites excluding steroid dienone is 3. The van der Waals surface area contributed by atoms with Crippen LogP contribution in [0.15, 0.2) is 48.6 Å². The fourth-order valence-electron chi connectivity index (χ4n) is 4.06. The van der Waals surface area contributed by atoms with Gasteiger partial charge in [-0.15, -0.1) is 0 Å². The van der Waals surface area contributed by atoms with Gasteiger partial charge >= 0.3 is 5.97 Å². The van der Waals surface area contributed by atoms with Crippen LogP contribution in [0, 0.1) is 6.92 Å². The van der Waals surface area contributed by atoms with Gasteiger partial charge < -0.3 is 19.3 Å². The van der Waals surface area contributed by atoms with Crippen LogP contribution in [0.3, 0.4) is 0 Å². The van der Waals surface area contributed by atoms with Crippen molar-refractivity contribution in [3.63, 3.8) is 0 Å². The van der Waals surface area contributed by atoms with E-state index in [9.17, 15) is 9.59 Å². The Bertz CT molecular complexity index is 1240. The Balaban J connectivity index is 0.00000274. The standard InChI is InChI=1S/C28H34Cl2N4O4.C2H6/c1-6-8-9-21(28(36)38-7-2)16-19(3)27-26(30)20(4)34(31-27)18-25(35)33-14-12-32(13-15-33)22-10-11-23(29)24(17-22)37-5;1-2/h8-11,16-17H,3,6-7,12-15,18H2,1-2,4-5H3;1-2H3/b9-8+,21-16+;. The second-order valence-electron chi connectivity index (χ2n) is 8.75. The third-order valence-corrected chi connectivity index (χ3v) is 6.99. The van der Waals surface area contributed by atoms with Crippen molar-refractivity contribution in [1.82, 2.24) is 14.7 Å². The number of benzene rings is 1. The predicted molar refractivity (Wildman–Crippen MR) is 163 cm³/mol. The van der Waals surface area contributed by atoms with E-state index < -0.39 is 5.97 Å². The highest BCUT2D eigenvalue weighted by molar-refractivity contribution is 6.33. The van der Waals surface area contributed by atoms with Crippen molar-refractivity contribution in [2.75, 3.05) is 44.8 Å². The molecule has 0 bridgehead atoms. The monoisotopic (exact) mass is 590 g/mol. The third-order valence-electron chi connectivity index (χ3n) is 6.23. The number of ether oxygens (including phenoxy) is 2. The van der Waals surface area contributed by atoms with E-state index in [1.807, 2.05) is 49.9 Å². The molecule has 2 heterocycles. The fraction of sp³-hybridized carbons (Fsp3) is 0.433. The highest BCUT2D eigenvalue weighted by atomic mass is 35.5. The smallest absolute Gasteiger partial charge is 0.338 e. The van der Waals surface area contributed by atoms with E-state index in [1.165, 1.54) is 0 Å². The number of rotatable bonds is 10. The average Bonchev–Trinajstić information content (AvgIpc) is 3.25. The Hall–Kier alpha value is -3.23. The van der Waals surface area contributed by atoms with Gasteiger partial charge in [0.15, 0.2) is 0 Å². The van der Waals surface area contributed by atoms with Crippen molar-refractivity contribution in [3.8, 4) is 5.75 Å². The molecule has 0 radical (unpaired) electrons. The number of piperazine rings is 1. The first-order valence-electron chi connectivity index (χ1n) is 13.5. The summed E-state index contributed by atoms with van der Waals surface area (Å²) >= 11 is 12.7. The zero-order valence-electron chi connectivity index (χ0n) is 24.3. The molecule has 0 saturated carbocycles. The molecule has 1 fully saturated rings. The summed E-state index contributed by atoms with van der Waals surface area (Å²) in [5.41, 5.74) is 2.89. The van der Waals surface area contributed by atoms with Gasteiger partial charge in [-0.05, 0) is 44.1 Å². The Morgan fingerprint density at radius 3 is 2.40 bits per heavy atom. The van der Waals surface area contributed by atoms with E-state index >= 15 is 0 Å². The molecule has 0 atom stereocenters. The lowest BCUT2D eigenvalue weighted by atomic mass is 10.1. The molecule has 218 valence electrons. The summed E-state index contributed by atoms with van der Waals surface area (Å²) in [5.74, 6) is 0.125. The van der Waals surface area contributed by atoms with Crippen LogP contribution < -0.4 is 9.64 Å². The number of nitrogens with zero attached hydrogens (tertiary/aromatic N) is 4. The minimum atomic E-state index is -0.447. The van der Waals surface area contributed by atoms with Gasteiger partial charge in [0, 0.05) is 37.9 Å². The number of methoxy groups -OCH3 is 1. The fourth-order valence-corrected chi connectivity index (χ4v) is 4.51. The quantitative estimate of drug-likeness (QED) is 0.182. The second-order valence-corrected chi connectivity index (χ2v) is 9.53. The van der Waals surface area contributed by atoms with E-state index in [0.29, 0.717) is 64.5 Å². The summed E-state index contributed by atoms with van der Waals surface area (Å²) in [6.45, 7) is 16.4. The van der Waals surface area contributed by atoms with Crippen LogP contribution in [0.5, 0.6) is 5.75 Å². The maximum atomic E-state index is 13.1. The largest absolute Gasteiger partial charge is 0.495 e. The lowest BCUT2D eigenvalue weighted by molar-refractivity contribution is -0.138. The van der Waals surface area contributed by atoms with Gasteiger partial charge in [-0.1, -0.05) is 62.7 Å². The van der Waals surface area contributed by atoms with E-state index in [1.54, 1.807) is 37.8 Å². The molecular weight excluding hydrogens is 551 g/mol. The average molecular weight is 592 g/mol. The summed E-state index contributed by atoms with van der Waals surface area (Å²) in [6, 6.07) is 5.67. The number of halogens is 2. The first-order chi connectivity index (χ1) is 19.2. The molecular formula is C30H40Cl2N4O4. The molecule has 0 N–H and O–H groups in total. The zero-order chi connectivity index (χ0) is 29.8. The molecule has 8 nitrogen and oxygen atoms in total. The summed E-state index contributed by atoms with van der Waals surface area (Å²) < 4.78 is 12.1. The van der Waals surface area contributed by atoms with Crippen molar-refractivity contribution in [2.45, 2.75) is 47.6 Å². The molecule has 3 rings (SSSR count). The number of esters is 1. The molecule has 1 aliphatic rings. The molecule has 0 aliphatic carbocycles. The van der Waals surface area contributed by atoms with Gasteiger partial charge in [-0.2, -0.15) is 5.10 Å². The third kappa shape index (κ3) is 8.38. The molecule has 1 aromatic carbocycles. The topological polar surface area (TPSA) is 76.9 Å². The molecule has 40 heavy (non-hydrogen) atoms. The molecule has 1 saturated heterocycles. The Morgan fingerprint density at radius 1 is 1.12 bits per heavy atom. The van der Waals surface area contributed by atoms with E-state index in [4.69, 9.17) is 32.7 Å². The first kappa shape index (κ1) is 33.0. The van der Waals surface area contributed by atoms with Crippen LogP contribution in [0.25, 0.3) is 5.57 Å². The van der Waals surface area contributed by atoms with Gasteiger partial charge in [0.1, 0.15) is 18.0 Å². The van der Waals surface area contributed by atoms with Crippen LogP contribution in [0.4, 0.5) is 5.69 Å². The Morgan fingerprint density at radius 2 is 1.80 bits per heavy atom. The summed E-state index contributed by atoms with van der Waals surface area (Å²) in [4.78, 5) is 29.5. The number of anilines is 1. The summed E-state index contributed by atoms with van der Waals surface area (Å²) in [5, 5.41) is 5.51. The molecule has 0 spiro atoms. The van der Waals surface area contributed by atoms with Crippen molar-refractivity contribution in [1.29, 1.82) is 0 Å². The number of hydrogen-bond acceptors (Lipinski definition) is 6. The molecule has 1 aromatic heterocycles. The van der Waals surface area contributed by atoms with Crippen LogP contribution in [-0.4, -0.2) is 66.5 Å². The van der Waals surface area contributed by atoms with Crippen LogP contribution in [0.2, 0.25) is 10.0 Å². The number of hydrogen-bond donors (Lipinski definition) is 0. The molecule has 1 aliphatic heterocycles. The number of aromatic nitrogens is 2. The van der Waals surface area contributed by atoms with Crippen LogP contribution in [-0.2, 0) is 20.9 Å². The van der Waals surface area contributed by atoms with Gasteiger partial charge in [0.25, 0.3) is 0 Å². The normalized spacial score (nSPS) is 13.7. The van der Waals surface area contributed by atoms with Crippen LogP contribution >= 0.6 is 23.2 Å². The number of carbonyl (C=O) groups is 2. The lowest BCUT2D eigenvalue weighted by Gasteiger charge is -2.36. The zero-order valence-corrected chi connectivity index (χ0v) is 25.8. The maximum absolute atomic E-state index is 13.1.